The van der Waals surface area contributed by atoms with Crippen LogP contribution in [-0.2, 0) is 11.8 Å². The normalized spacial score (nSPS) is 21.8. The molecule has 0 bridgehead atoms. The van der Waals surface area contributed by atoms with Crippen LogP contribution in [0.25, 0.3) is 0 Å². The third-order valence-corrected chi connectivity index (χ3v) is 4.31. The number of carbonyl (C=O) groups excluding carboxylic acids is 1. The van der Waals surface area contributed by atoms with E-state index in [-0.39, 0.29) is 12.1 Å². The summed E-state index contributed by atoms with van der Waals surface area (Å²) in [6.07, 6.45) is 3.69. The highest BCUT2D eigenvalue weighted by Gasteiger charge is 2.25. The third-order valence-electron chi connectivity index (χ3n) is 4.31. The maximum atomic E-state index is 11.8. The van der Waals surface area contributed by atoms with Crippen LogP contribution >= 0.6 is 0 Å². The number of carbonyl (C=O) groups is 1. The van der Waals surface area contributed by atoms with Crippen LogP contribution in [0.15, 0.2) is 0 Å². The average Bonchev–Trinajstić information content (AvgIpc) is 2.65. The summed E-state index contributed by atoms with van der Waals surface area (Å²) in [5, 5.41) is 11.0. The molecule has 1 aromatic rings. The van der Waals surface area contributed by atoms with Gasteiger partial charge in [-0.3, -0.25) is 4.68 Å². The summed E-state index contributed by atoms with van der Waals surface area (Å²) < 4.78 is 7.23. The molecule has 0 atom stereocenters. The van der Waals surface area contributed by atoms with Crippen LogP contribution in [0.5, 0.6) is 0 Å². The Morgan fingerprint density at radius 3 is 2.22 bits per heavy atom. The van der Waals surface area contributed by atoms with Gasteiger partial charge in [-0.05, 0) is 60.3 Å². The van der Waals surface area contributed by atoms with Gasteiger partial charge in [0.1, 0.15) is 5.60 Å². The molecule has 0 aliphatic heterocycles. The van der Waals surface area contributed by atoms with Gasteiger partial charge in [0.25, 0.3) is 0 Å². The van der Waals surface area contributed by atoms with E-state index in [0.29, 0.717) is 6.04 Å². The second kappa shape index (κ2) is 6.81. The fourth-order valence-electron chi connectivity index (χ4n) is 3.04. The topological polar surface area (TPSA) is 68.2 Å². The molecular formula is C17H30N4O2. The van der Waals surface area contributed by atoms with Crippen molar-refractivity contribution in [1.29, 1.82) is 0 Å². The van der Waals surface area contributed by atoms with Crippen LogP contribution in [-0.4, -0.2) is 33.6 Å². The first-order chi connectivity index (χ1) is 10.7. The lowest BCUT2D eigenvalue weighted by atomic mass is 9.91. The number of hydrogen-bond acceptors (Lipinski definition) is 4. The standard InChI is InChI=1S/C17H30N4O2/c1-11-15(12(2)21(6)20-11)18-13-7-9-14(10-8-13)19-16(22)23-17(3,4)5/h13-14,18H,7-10H2,1-6H3,(H,19,22). The van der Waals surface area contributed by atoms with E-state index < -0.39 is 5.60 Å². The Balaban J connectivity index is 1.81. The van der Waals surface area contributed by atoms with Crippen LogP contribution in [0.3, 0.4) is 0 Å². The van der Waals surface area contributed by atoms with Crippen LogP contribution in [0.2, 0.25) is 0 Å². The lowest BCUT2D eigenvalue weighted by molar-refractivity contribution is 0.0492. The summed E-state index contributed by atoms with van der Waals surface area (Å²) in [5.41, 5.74) is 2.91. The molecule has 1 aliphatic rings. The zero-order chi connectivity index (χ0) is 17.2. The van der Waals surface area contributed by atoms with E-state index in [1.165, 1.54) is 0 Å². The Hall–Kier alpha value is -1.72. The van der Waals surface area contributed by atoms with Gasteiger partial charge in [-0.15, -0.1) is 0 Å². The van der Waals surface area contributed by atoms with Crippen molar-refractivity contribution in [2.45, 2.75) is 78.0 Å². The van der Waals surface area contributed by atoms with Gasteiger partial charge in [0, 0.05) is 19.1 Å². The molecule has 2 N–H and O–H groups in total. The Kier molecular flexibility index (Phi) is 5.22. The van der Waals surface area contributed by atoms with E-state index in [2.05, 4.69) is 22.7 Å². The van der Waals surface area contributed by atoms with Crippen molar-refractivity contribution in [2.24, 2.45) is 7.05 Å². The molecule has 1 heterocycles. The summed E-state index contributed by atoms with van der Waals surface area (Å²) in [7, 11) is 1.97. The highest BCUT2D eigenvalue weighted by Crippen LogP contribution is 2.26. The summed E-state index contributed by atoms with van der Waals surface area (Å²) in [6, 6.07) is 0.646. The number of rotatable bonds is 3. The molecule has 0 radical (unpaired) electrons. The van der Waals surface area contributed by atoms with Gasteiger partial charge in [0.15, 0.2) is 0 Å². The Labute approximate surface area is 139 Å². The average molecular weight is 322 g/mol. The molecule has 130 valence electrons. The molecule has 0 unspecified atom stereocenters. The Morgan fingerprint density at radius 2 is 1.74 bits per heavy atom. The van der Waals surface area contributed by atoms with E-state index in [1.54, 1.807) is 0 Å². The summed E-state index contributed by atoms with van der Waals surface area (Å²) in [5.74, 6) is 0. The molecule has 1 aliphatic carbocycles. The third kappa shape index (κ3) is 4.88. The lowest BCUT2D eigenvalue weighted by Crippen LogP contribution is -2.42. The number of hydrogen-bond donors (Lipinski definition) is 2. The maximum Gasteiger partial charge on any atom is 0.407 e. The highest BCUT2D eigenvalue weighted by atomic mass is 16.6. The van der Waals surface area contributed by atoms with E-state index in [0.717, 1.165) is 42.8 Å². The van der Waals surface area contributed by atoms with Crippen molar-refractivity contribution in [1.82, 2.24) is 15.1 Å². The first-order valence-corrected chi connectivity index (χ1v) is 8.42. The van der Waals surface area contributed by atoms with Gasteiger partial charge < -0.3 is 15.4 Å². The first-order valence-electron chi connectivity index (χ1n) is 8.42. The SMILES string of the molecule is Cc1nn(C)c(C)c1NC1CCC(NC(=O)OC(C)(C)C)CC1. The molecule has 6 nitrogen and oxygen atoms in total. The Bertz CT molecular complexity index is 552. The maximum absolute atomic E-state index is 11.8. The summed E-state index contributed by atoms with van der Waals surface area (Å²) in [6.45, 7) is 9.76. The van der Waals surface area contributed by atoms with Gasteiger partial charge in [0.05, 0.1) is 17.1 Å². The minimum atomic E-state index is -0.446. The number of aryl methyl sites for hydroxylation is 2. The molecule has 2 rings (SSSR count). The fourth-order valence-corrected chi connectivity index (χ4v) is 3.04. The van der Waals surface area contributed by atoms with Crippen LogP contribution in [0, 0.1) is 13.8 Å². The predicted octanol–water partition coefficient (Wildman–Crippen LogP) is 3.28. The number of aromatic nitrogens is 2. The van der Waals surface area contributed by atoms with Crippen molar-refractivity contribution < 1.29 is 9.53 Å². The van der Waals surface area contributed by atoms with Crippen LogP contribution in [0.1, 0.15) is 57.8 Å². The monoisotopic (exact) mass is 322 g/mol. The number of ether oxygens (including phenoxy) is 1. The fraction of sp³-hybridized carbons (Fsp3) is 0.765. The smallest absolute Gasteiger partial charge is 0.407 e. The van der Waals surface area contributed by atoms with E-state index in [1.807, 2.05) is 39.4 Å². The van der Waals surface area contributed by atoms with Crippen LogP contribution < -0.4 is 10.6 Å². The molecule has 1 saturated carbocycles. The lowest BCUT2D eigenvalue weighted by Gasteiger charge is -2.31. The van der Waals surface area contributed by atoms with Crippen molar-refractivity contribution in [3.8, 4) is 0 Å². The van der Waals surface area contributed by atoms with Crippen LogP contribution in [0.4, 0.5) is 10.5 Å². The minimum Gasteiger partial charge on any atom is -0.444 e. The second-order valence-corrected chi connectivity index (χ2v) is 7.51. The van der Waals surface area contributed by atoms with Gasteiger partial charge in [-0.2, -0.15) is 5.10 Å². The van der Waals surface area contributed by atoms with Crippen molar-refractivity contribution in [2.75, 3.05) is 5.32 Å². The van der Waals surface area contributed by atoms with Gasteiger partial charge in [-0.1, -0.05) is 0 Å². The first kappa shape index (κ1) is 17.6. The zero-order valence-corrected chi connectivity index (χ0v) is 15.2. The summed E-state index contributed by atoms with van der Waals surface area (Å²) in [4.78, 5) is 11.8. The minimum absolute atomic E-state index is 0.207. The van der Waals surface area contributed by atoms with Crippen molar-refractivity contribution >= 4 is 11.8 Å². The molecule has 1 amide bonds. The van der Waals surface area contributed by atoms with Gasteiger partial charge in [-0.25, -0.2) is 4.79 Å². The molecule has 1 fully saturated rings. The number of amides is 1. The van der Waals surface area contributed by atoms with Crippen molar-refractivity contribution in [3.05, 3.63) is 11.4 Å². The van der Waals surface area contributed by atoms with Crippen molar-refractivity contribution in [3.63, 3.8) is 0 Å². The second-order valence-electron chi connectivity index (χ2n) is 7.51. The number of alkyl carbamates (subject to hydrolysis) is 1. The summed E-state index contributed by atoms with van der Waals surface area (Å²) >= 11 is 0. The van der Waals surface area contributed by atoms with Gasteiger partial charge in [0.2, 0.25) is 0 Å². The molecular weight excluding hydrogens is 292 g/mol. The van der Waals surface area contributed by atoms with E-state index in [9.17, 15) is 4.79 Å². The largest absolute Gasteiger partial charge is 0.444 e. The molecule has 1 aromatic heterocycles. The molecule has 23 heavy (non-hydrogen) atoms. The quantitative estimate of drug-likeness (QED) is 0.896. The zero-order valence-electron chi connectivity index (χ0n) is 15.2. The molecule has 0 spiro atoms. The molecule has 0 aromatic carbocycles. The van der Waals surface area contributed by atoms with E-state index >= 15 is 0 Å². The number of nitrogens with zero attached hydrogens (tertiary/aromatic N) is 2. The van der Waals surface area contributed by atoms with Gasteiger partial charge >= 0.3 is 6.09 Å². The highest BCUT2D eigenvalue weighted by molar-refractivity contribution is 5.68. The molecule has 6 heteroatoms. The number of nitrogens with one attached hydrogen (secondary N) is 2. The number of anilines is 1. The predicted molar refractivity (Wildman–Crippen MR) is 91.7 cm³/mol. The Morgan fingerprint density at radius 1 is 1.17 bits per heavy atom. The molecule has 0 saturated heterocycles. The van der Waals surface area contributed by atoms with E-state index in [4.69, 9.17) is 4.74 Å².